The number of phenolic OH excluding ortho intramolecular Hbond substituents is 2. The first-order valence-electron chi connectivity index (χ1n) is 11.3. The summed E-state index contributed by atoms with van der Waals surface area (Å²) in [5.41, 5.74) is 2.57. The van der Waals surface area contributed by atoms with E-state index >= 15 is 0 Å². The van der Waals surface area contributed by atoms with Crippen LogP contribution in [0.5, 0.6) is 11.5 Å². The van der Waals surface area contributed by atoms with Gasteiger partial charge in [-0.3, -0.25) is 9.59 Å². The molecule has 0 fully saturated rings. The number of sulfonamides is 1. The Bertz CT molecular complexity index is 1020. The van der Waals surface area contributed by atoms with E-state index in [-0.39, 0.29) is 23.3 Å². The lowest BCUT2D eigenvalue weighted by molar-refractivity contribution is -0.126. The molecule has 0 unspecified atom stereocenters. The normalized spacial score (nSPS) is 11.8. The Labute approximate surface area is 197 Å². The molecule has 0 spiro atoms. The van der Waals surface area contributed by atoms with Crippen LogP contribution in [0.25, 0.3) is 0 Å². The number of hydrogen-bond donors (Lipinski definition) is 3. The molecule has 0 heterocycles. The Balaban J connectivity index is 3.37. The molecule has 0 bridgehead atoms. The fourth-order valence-electron chi connectivity index (χ4n) is 3.41. The second-order valence-corrected chi connectivity index (χ2v) is 10.3. The number of phenols is 2. The summed E-state index contributed by atoms with van der Waals surface area (Å²) >= 11 is 0. The van der Waals surface area contributed by atoms with Gasteiger partial charge in [-0.15, -0.1) is 0 Å². The molecule has 7 nitrogen and oxygen atoms in total. The van der Waals surface area contributed by atoms with Crippen molar-refractivity contribution in [3.63, 3.8) is 0 Å². The summed E-state index contributed by atoms with van der Waals surface area (Å²) in [6, 6.07) is 1.35. The molecule has 0 aromatic heterocycles. The second kappa shape index (κ2) is 13.2. The number of nitrogens with one attached hydrogen (secondary N) is 1. The maximum absolute atomic E-state index is 13.0. The van der Waals surface area contributed by atoms with Crippen LogP contribution in [0.1, 0.15) is 84.3 Å². The van der Waals surface area contributed by atoms with Gasteiger partial charge < -0.3 is 10.2 Å². The molecule has 33 heavy (non-hydrogen) atoms. The van der Waals surface area contributed by atoms with Crippen molar-refractivity contribution in [1.29, 1.82) is 0 Å². The molecule has 3 N–H and O–H groups in total. The summed E-state index contributed by atoms with van der Waals surface area (Å²) in [6.45, 7) is 9.17. The Morgan fingerprint density at radius 3 is 2.30 bits per heavy atom. The topological polar surface area (TPSA) is 121 Å². The monoisotopic (exact) mass is 479 g/mol. The number of aromatic hydroxyl groups is 2. The third-order valence-corrected chi connectivity index (χ3v) is 6.62. The molecule has 0 radical (unpaired) electrons. The molecule has 1 aromatic rings. The predicted octanol–water partition coefficient (Wildman–Crippen LogP) is 4.85. The van der Waals surface area contributed by atoms with Gasteiger partial charge in [0.05, 0.1) is 6.42 Å². The minimum absolute atomic E-state index is 0.0789. The van der Waals surface area contributed by atoms with Crippen LogP contribution in [-0.2, 0) is 32.5 Å². The molecular formula is C25H37NO6S. The molecule has 1 aromatic carbocycles. The number of Topliss-reactive ketones (excluding diaryl/α,β-unsaturated/α-hetero) is 1. The van der Waals surface area contributed by atoms with Gasteiger partial charge in [-0.25, -0.2) is 13.1 Å². The number of amides is 1. The smallest absolute Gasteiger partial charge is 0.268 e. The Hall–Kier alpha value is -2.61. The van der Waals surface area contributed by atoms with E-state index in [1.54, 1.807) is 0 Å². The van der Waals surface area contributed by atoms with Gasteiger partial charge in [0.2, 0.25) is 5.91 Å². The number of aryl methyl sites for hydroxylation is 1. The van der Waals surface area contributed by atoms with Crippen LogP contribution in [0.15, 0.2) is 34.3 Å². The number of rotatable bonds is 13. The highest BCUT2D eigenvalue weighted by molar-refractivity contribution is 7.90. The lowest BCUT2D eigenvalue weighted by Gasteiger charge is -2.17. The van der Waals surface area contributed by atoms with Crippen molar-refractivity contribution in [3.05, 3.63) is 40.5 Å². The van der Waals surface area contributed by atoms with E-state index in [1.807, 2.05) is 38.5 Å². The zero-order valence-corrected chi connectivity index (χ0v) is 21.1. The van der Waals surface area contributed by atoms with E-state index < -0.39 is 38.8 Å². The number of hydrogen-bond acceptors (Lipinski definition) is 6. The molecule has 0 saturated heterocycles. The summed E-state index contributed by atoms with van der Waals surface area (Å²) in [5.74, 6) is -2.21. The minimum Gasteiger partial charge on any atom is -0.508 e. The van der Waals surface area contributed by atoms with Crippen molar-refractivity contribution in [1.82, 2.24) is 4.72 Å². The molecule has 0 aliphatic heterocycles. The van der Waals surface area contributed by atoms with Crippen LogP contribution in [0.4, 0.5) is 0 Å². The molecule has 0 aliphatic carbocycles. The number of carbonyl (C=O) groups excluding carboxylic acids is 2. The minimum atomic E-state index is -4.45. The molecule has 8 heteroatoms. The van der Waals surface area contributed by atoms with E-state index in [4.69, 9.17) is 0 Å². The maximum Gasteiger partial charge on any atom is 0.268 e. The first-order chi connectivity index (χ1) is 15.4. The standard InChI is InChI=1S/C25H37NO6S/c1-6-7-8-12-20-16-22(28)21(14-13-18(4)11-9-10-17(2)3)24(30)25(20)33(31,32)26-23(29)15-19(5)27/h10,13,16,28,30H,6-9,11-12,14-15H2,1-5H3,(H,26,29). The number of carbonyl (C=O) groups is 2. The quantitative estimate of drug-likeness (QED) is 0.211. The summed E-state index contributed by atoms with van der Waals surface area (Å²) in [6.07, 6.45) is 7.89. The Morgan fingerprint density at radius 2 is 1.73 bits per heavy atom. The largest absolute Gasteiger partial charge is 0.508 e. The van der Waals surface area contributed by atoms with Gasteiger partial charge >= 0.3 is 0 Å². The number of ketones is 1. The fourth-order valence-corrected chi connectivity index (χ4v) is 4.77. The second-order valence-electron chi connectivity index (χ2n) is 8.65. The SMILES string of the molecule is CCCCCc1cc(O)c(CC=C(C)CCC=C(C)C)c(O)c1S(=O)(=O)NC(=O)CC(C)=O. The van der Waals surface area contributed by atoms with Gasteiger partial charge in [0.1, 0.15) is 22.2 Å². The van der Waals surface area contributed by atoms with Crippen molar-refractivity contribution in [2.24, 2.45) is 0 Å². The van der Waals surface area contributed by atoms with Gasteiger partial charge in [-0.05, 0) is 71.4 Å². The highest BCUT2D eigenvalue weighted by Gasteiger charge is 2.28. The van der Waals surface area contributed by atoms with E-state index in [0.717, 1.165) is 31.3 Å². The van der Waals surface area contributed by atoms with Crippen LogP contribution >= 0.6 is 0 Å². The zero-order chi connectivity index (χ0) is 25.2. The predicted molar refractivity (Wildman–Crippen MR) is 130 cm³/mol. The summed E-state index contributed by atoms with van der Waals surface area (Å²) < 4.78 is 27.9. The van der Waals surface area contributed by atoms with Gasteiger partial charge in [-0.2, -0.15) is 0 Å². The Morgan fingerprint density at radius 1 is 1.06 bits per heavy atom. The average molecular weight is 480 g/mol. The lowest BCUT2D eigenvalue weighted by atomic mass is 10.00. The average Bonchev–Trinajstić information content (AvgIpc) is 2.65. The fraction of sp³-hybridized carbons (Fsp3) is 0.520. The molecule has 1 amide bonds. The molecule has 0 saturated carbocycles. The van der Waals surface area contributed by atoms with Crippen LogP contribution in [-0.4, -0.2) is 30.3 Å². The maximum atomic E-state index is 13.0. The molecule has 0 aliphatic rings. The molecule has 1 rings (SSSR count). The number of benzene rings is 1. The zero-order valence-electron chi connectivity index (χ0n) is 20.3. The van der Waals surface area contributed by atoms with Crippen molar-refractivity contribution in [3.8, 4) is 11.5 Å². The number of allylic oxidation sites excluding steroid dienone is 4. The summed E-state index contributed by atoms with van der Waals surface area (Å²) in [7, 11) is -4.45. The lowest BCUT2D eigenvalue weighted by Crippen LogP contribution is -2.32. The van der Waals surface area contributed by atoms with E-state index in [1.165, 1.54) is 18.6 Å². The van der Waals surface area contributed by atoms with E-state index in [2.05, 4.69) is 6.08 Å². The van der Waals surface area contributed by atoms with Crippen LogP contribution in [0.2, 0.25) is 0 Å². The van der Waals surface area contributed by atoms with E-state index in [9.17, 15) is 28.2 Å². The van der Waals surface area contributed by atoms with Crippen LogP contribution in [0.3, 0.4) is 0 Å². The van der Waals surface area contributed by atoms with Crippen molar-refractivity contribution >= 4 is 21.7 Å². The highest BCUT2D eigenvalue weighted by Crippen LogP contribution is 2.38. The third-order valence-electron chi connectivity index (χ3n) is 5.13. The van der Waals surface area contributed by atoms with Crippen molar-refractivity contribution in [2.45, 2.75) is 90.9 Å². The number of unbranched alkanes of at least 4 members (excludes halogenated alkanes) is 2. The van der Waals surface area contributed by atoms with E-state index in [0.29, 0.717) is 12.8 Å². The van der Waals surface area contributed by atoms with Crippen LogP contribution in [0, 0.1) is 0 Å². The van der Waals surface area contributed by atoms with Crippen molar-refractivity contribution < 1.29 is 28.2 Å². The van der Waals surface area contributed by atoms with Crippen LogP contribution < -0.4 is 4.72 Å². The third kappa shape index (κ3) is 9.42. The van der Waals surface area contributed by atoms with Gasteiger partial charge in [0, 0.05) is 5.56 Å². The van der Waals surface area contributed by atoms with Gasteiger partial charge in [0.15, 0.2) is 0 Å². The summed E-state index contributed by atoms with van der Waals surface area (Å²) in [4.78, 5) is 22.8. The molecular weight excluding hydrogens is 442 g/mol. The van der Waals surface area contributed by atoms with Gasteiger partial charge in [-0.1, -0.05) is 43.1 Å². The van der Waals surface area contributed by atoms with Gasteiger partial charge in [0.25, 0.3) is 10.0 Å². The summed E-state index contributed by atoms with van der Waals surface area (Å²) in [5, 5.41) is 21.5. The first-order valence-corrected chi connectivity index (χ1v) is 12.8. The Kier molecular flexibility index (Phi) is 11.4. The molecule has 0 atom stereocenters. The molecule has 184 valence electrons. The first kappa shape index (κ1) is 28.4. The van der Waals surface area contributed by atoms with Crippen molar-refractivity contribution in [2.75, 3.05) is 0 Å². The highest BCUT2D eigenvalue weighted by atomic mass is 32.2.